The van der Waals surface area contributed by atoms with Crippen LogP contribution in [0.1, 0.15) is 213 Å². The largest absolute Gasteiger partial charge is 0.462 e. The fourth-order valence-corrected chi connectivity index (χ4v) is 6.34. The van der Waals surface area contributed by atoms with Crippen LogP contribution in [0, 0.1) is 0 Å². The molecule has 0 fully saturated rings. The Kier molecular flexibility index (Phi) is 37.8. The highest BCUT2D eigenvalue weighted by Gasteiger charge is 2.23. The van der Waals surface area contributed by atoms with E-state index in [4.69, 9.17) is 4.74 Å². The van der Waals surface area contributed by atoms with Crippen LogP contribution in [0.3, 0.4) is 0 Å². The molecule has 0 heterocycles. The molecule has 0 spiro atoms. The topological polar surface area (TPSA) is 95.9 Å². The Hall–Kier alpha value is -1.92. The first kappa shape index (κ1) is 49.1. The molecule has 0 aromatic rings. The number of hydrogen-bond donors (Lipinski definition) is 3. The molecule has 3 atom stereocenters. The van der Waals surface area contributed by atoms with Crippen molar-refractivity contribution < 1.29 is 24.5 Å². The molecule has 0 aromatic heterocycles. The number of rotatable bonds is 38. The van der Waals surface area contributed by atoms with Crippen molar-refractivity contribution in [1.82, 2.24) is 5.32 Å². The average Bonchev–Trinajstić information content (AvgIpc) is 3.12. The molecule has 0 aromatic carbocycles. The van der Waals surface area contributed by atoms with Gasteiger partial charge in [0.25, 0.3) is 0 Å². The third-order valence-electron chi connectivity index (χ3n) is 9.71. The maximum Gasteiger partial charge on any atom is 0.306 e. The molecule has 0 aliphatic heterocycles. The summed E-state index contributed by atoms with van der Waals surface area (Å²) in [5.74, 6) is -0.574. The third kappa shape index (κ3) is 34.9. The first-order chi connectivity index (χ1) is 25.0. The van der Waals surface area contributed by atoms with E-state index in [1.807, 2.05) is 6.08 Å². The number of esters is 1. The minimum absolute atomic E-state index is 0.0450. The van der Waals surface area contributed by atoms with Crippen molar-refractivity contribution in [3.8, 4) is 0 Å². The molecule has 3 unspecified atom stereocenters. The normalized spacial score (nSPS) is 13.7. The monoisotopic (exact) mass is 718 g/mol. The lowest BCUT2D eigenvalue weighted by molar-refractivity contribution is -0.150. The molecule has 6 heteroatoms. The lowest BCUT2D eigenvalue weighted by Crippen LogP contribution is -2.46. The van der Waals surface area contributed by atoms with Crippen LogP contribution in [0.5, 0.6) is 0 Å². The van der Waals surface area contributed by atoms with Gasteiger partial charge in [-0.2, -0.15) is 0 Å². The van der Waals surface area contributed by atoms with Crippen molar-refractivity contribution in [2.24, 2.45) is 0 Å². The van der Waals surface area contributed by atoms with E-state index < -0.39 is 18.2 Å². The second kappa shape index (κ2) is 39.3. The molecule has 0 saturated heterocycles. The van der Waals surface area contributed by atoms with Gasteiger partial charge in [0.05, 0.1) is 25.2 Å². The van der Waals surface area contributed by atoms with E-state index in [1.165, 1.54) is 96.3 Å². The van der Waals surface area contributed by atoms with E-state index in [2.05, 4.69) is 56.5 Å². The minimum Gasteiger partial charge on any atom is -0.462 e. The predicted octanol–water partition coefficient (Wildman–Crippen LogP) is 12.2. The van der Waals surface area contributed by atoms with Crippen LogP contribution in [-0.4, -0.2) is 46.9 Å². The van der Waals surface area contributed by atoms with E-state index >= 15 is 0 Å². The first-order valence-electron chi connectivity index (χ1n) is 21.7. The Morgan fingerprint density at radius 3 is 1.59 bits per heavy atom. The number of aliphatic hydroxyl groups is 2. The second-order valence-electron chi connectivity index (χ2n) is 14.7. The summed E-state index contributed by atoms with van der Waals surface area (Å²) in [5.41, 5.74) is 0. The van der Waals surface area contributed by atoms with Crippen LogP contribution in [0.4, 0.5) is 0 Å². The van der Waals surface area contributed by atoms with Crippen LogP contribution in [0.15, 0.2) is 36.5 Å². The van der Waals surface area contributed by atoms with Crippen molar-refractivity contribution in [1.29, 1.82) is 0 Å². The van der Waals surface area contributed by atoms with Gasteiger partial charge in [-0.15, -0.1) is 0 Å². The summed E-state index contributed by atoms with van der Waals surface area (Å²) in [6, 6.07) is -0.711. The summed E-state index contributed by atoms with van der Waals surface area (Å²) in [7, 11) is 0. The van der Waals surface area contributed by atoms with Gasteiger partial charge in [0, 0.05) is 6.42 Å². The van der Waals surface area contributed by atoms with Crippen LogP contribution < -0.4 is 5.32 Å². The molecule has 1 amide bonds. The smallest absolute Gasteiger partial charge is 0.306 e. The van der Waals surface area contributed by atoms with Gasteiger partial charge >= 0.3 is 5.97 Å². The summed E-state index contributed by atoms with van der Waals surface area (Å²) in [4.78, 5) is 25.8. The van der Waals surface area contributed by atoms with Crippen LogP contribution >= 0.6 is 0 Å². The lowest BCUT2D eigenvalue weighted by atomic mass is 10.0. The maximum atomic E-state index is 13.0. The van der Waals surface area contributed by atoms with Gasteiger partial charge in [-0.25, -0.2) is 0 Å². The van der Waals surface area contributed by atoms with Gasteiger partial charge in [0.1, 0.15) is 6.10 Å². The highest BCUT2D eigenvalue weighted by Crippen LogP contribution is 2.16. The molecule has 0 aliphatic carbocycles. The number of allylic oxidation sites excluding steroid dienone is 6. The number of aliphatic hydroxyl groups excluding tert-OH is 2. The molecule has 6 nitrogen and oxygen atoms in total. The van der Waals surface area contributed by atoms with Gasteiger partial charge < -0.3 is 20.3 Å². The van der Waals surface area contributed by atoms with E-state index in [9.17, 15) is 19.8 Å². The van der Waals surface area contributed by atoms with Crippen molar-refractivity contribution in [2.75, 3.05) is 6.61 Å². The van der Waals surface area contributed by atoms with Crippen molar-refractivity contribution in [3.05, 3.63) is 36.5 Å². The Morgan fingerprint density at radius 2 is 1.02 bits per heavy atom. The molecule has 0 bridgehead atoms. The number of unbranched alkanes of at least 4 members (excludes halogenated alkanes) is 20. The van der Waals surface area contributed by atoms with Gasteiger partial charge in [0.15, 0.2) is 0 Å². The van der Waals surface area contributed by atoms with Crippen LogP contribution in [0.2, 0.25) is 0 Å². The van der Waals surface area contributed by atoms with E-state index in [0.29, 0.717) is 19.3 Å². The summed E-state index contributed by atoms with van der Waals surface area (Å²) in [6.45, 7) is 6.38. The summed E-state index contributed by atoms with van der Waals surface area (Å²) < 4.78 is 5.83. The zero-order chi connectivity index (χ0) is 37.5. The zero-order valence-electron chi connectivity index (χ0n) is 33.7. The first-order valence-corrected chi connectivity index (χ1v) is 21.7. The Labute approximate surface area is 315 Å². The summed E-state index contributed by atoms with van der Waals surface area (Å²) in [6.07, 6.45) is 43.6. The van der Waals surface area contributed by atoms with Gasteiger partial charge in [0.2, 0.25) is 5.91 Å². The second-order valence-corrected chi connectivity index (χ2v) is 14.7. The summed E-state index contributed by atoms with van der Waals surface area (Å²) >= 11 is 0. The number of hydrogen-bond acceptors (Lipinski definition) is 5. The Morgan fingerprint density at radius 1 is 0.569 bits per heavy atom. The standard InChI is InChI=1S/C45H83NO5/c1-4-7-10-13-16-19-21-22-23-26-29-32-35-38-45(50)51-41(36-33-30-27-24-18-15-12-9-6-3)39-44(49)46-42(40-47)43(48)37-34-31-28-25-20-17-14-11-8-5-2/h15,18,22-23,29,32,41-43,47-48H,4-14,16-17,19-21,24-28,30-31,33-40H2,1-3H3,(H,46,49)/b18-15-,23-22-,32-29+. The van der Waals surface area contributed by atoms with Crippen molar-refractivity contribution in [2.45, 2.75) is 232 Å². The third-order valence-corrected chi connectivity index (χ3v) is 9.71. The number of amides is 1. The Bertz CT molecular complexity index is 854. The molecule has 0 radical (unpaired) electrons. The zero-order valence-corrected chi connectivity index (χ0v) is 33.7. The van der Waals surface area contributed by atoms with Crippen molar-refractivity contribution in [3.63, 3.8) is 0 Å². The SMILES string of the molecule is CCCC/C=C\CCCCCC(CC(=O)NC(CO)C(O)CCCCCCCCCCCC)OC(=O)CC/C=C/C/C=C\CCCCCCCC. The van der Waals surface area contributed by atoms with Crippen molar-refractivity contribution >= 4 is 11.9 Å². The predicted molar refractivity (Wildman–Crippen MR) is 218 cm³/mol. The van der Waals surface area contributed by atoms with Gasteiger partial charge in [-0.05, 0) is 64.2 Å². The maximum absolute atomic E-state index is 13.0. The number of nitrogens with one attached hydrogen (secondary N) is 1. The van der Waals surface area contributed by atoms with Crippen LogP contribution in [0.25, 0.3) is 0 Å². The molecule has 0 saturated carbocycles. The minimum atomic E-state index is -0.795. The highest BCUT2D eigenvalue weighted by atomic mass is 16.5. The van der Waals surface area contributed by atoms with E-state index in [0.717, 1.165) is 64.2 Å². The summed E-state index contributed by atoms with van der Waals surface area (Å²) in [5, 5.41) is 23.5. The molecule has 298 valence electrons. The highest BCUT2D eigenvalue weighted by molar-refractivity contribution is 5.77. The molecule has 0 rings (SSSR count). The fourth-order valence-electron chi connectivity index (χ4n) is 6.34. The quantitative estimate of drug-likeness (QED) is 0.0336. The Balaban J connectivity index is 4.65. The number of carbonyl (C=O) groups is 2. The lowest BCUT2D eigenvalue weighted by Gasteiger charge is -2.24. The number of carbonyl (C=O) groups excluding carboxylic acids is 2. The number of ether oxygens (including phenoxy) is 1. The fraction of sp³-hybridized carbons (Fsp3) is 0.822. The van der Waals surface area contributed by atoms with Gasteiger partial charge in [-0.1, -0.05) is 173 Å². The average molecular weight is 718 g/mol. The van der Waals surface area contributed by atoms with Gasteiger partial charge in [-0.3, -0.25) is 9.59 Å². The molecule has 51 heavy (non-hydrogen) atoms. The molecular weight excluding hydrogens is 634 g/mol. The molecule has 0 aliphatic rings. The van der Waals surface area contributed by atoms with E-state index in [1.54, 1.807) is 0 Å². The van der Waals surface area contributed by atoms with Crippen LogP contribution in [-0.2, 0) is 14.3 Å². The van der Waals surface area contributed by atoms with E-state index in [-0.39, 0.29) is 31.3 Å². The molecule has 3 N–H and O–H groups in total. The molecular formula is C45H83NO5.